The molecule has 2 N–H and O–H groups in total. The first-order valence-electron chi connectivity index (χ1n) is 7.53. The van der Waals surface area contributed by atoms with Crippen molar-refractivity contribution in [2.45, 2.75) is 26.8 Å². The predicted octanol–water partition coefficient (Wildman–Crippen LogP) is 1.24. The molecule has 0 bridgehead atoms. The van der Waals surface area contributed by atoms with Crippen molar-refractivity contribution < 1.29 is 28.6 Å². The van der Waals surface area contributed by atoms with E-state index in [9.17, 15) is 14.4 Å². The summed E-state index contributed by atoms with van der Waals surface area (Å²) in [5.41, 5.74) is 0. The minimum atomic E-state index is -0.735. The summed E-state index contributed by atoms with van der Waals surface area (Å²) in [7, 11) is 0. The fourth-order valence-electron chi connectivity index (χ4n) is 1.63. The van der Waals surface area contributed by atoms with Crippen molar-refractivity contribution >= 4 is 17.9 Å². The van der Waals surface area contributed by atoms with Crippen molar-refractivity contribution in [1.82, 2.24) is 10.6 Å². The van der Waals surface area contributed by atoms with Crippen LogP contribution in [-0.4, -0.2) is 43.8 Å². The SMILES string of the molecule is CCOc1ccccc1OCC(=O)OCC(=O)NC(=O)NC(C)C. The number of esters is 1. The van der Waals surface area contributed by atoms with E-state index in [1.54, 1.807) is 38.1 Å². The van der Waals surface area contributed by atoms with E-state index < -0.39 is 24.5 Å². The first kappa shape index (κ1) is 19.3. The van der Waals surface area contributed by atoms with Crippen LogP contribution >= 0.6 is 0 Å². The van der Waals surface area contributed by atoms with E-state index in [4.69, 9.17) is 14.2 Å². The fourth-order valence-corrected chi connectivity index (χ4v) is 1.63. The van der Waals surface area contributed by atoms with Crippen molar-refractivity contribution in [3.8, 4) is 11.5 Å². The number of carbonyl (C=O) groups is 3. The van der Waals surface area contributed by atoms with Gasteiger partial charge in [0.15, 0.2) is 24.7 Å². The van der Waals surface area contributed by atoms with Gasteiger partial charge in [0.25, 0.3) is 5.91 Å². The zero-order valence-corrected chi connectivity index (χ0v) is 14.0. The number of carbonyl (C=O) groups excluding carboxylic acids is 3. The van der Waals surface area contributed by atoms with Crippen LogP contribution in [0, 0.1) is 0 Å². The van der Waals surface area contributed by atoms with Gasteiger partial charge in [-0.2, -0.15) is 0 Å². The second-order valence-electron chi connectivity index (χ2n) is 5.01. The molecule has 0 fully saturated rings. The number of hydrogen-bond donors (Lipinski definition) is 2. The van der Waals surface area contributed by atoms with Gasteiger partial charge in [0.05, 0.1) is 6.61 Å². The zero-order chi connectivity index (χ0) is 17.9. The summed E-state index contributed by atoms with van der Waals surface area (Å²) in [4.78, 5) is 34.3. The van der Waals surface area contributed by atoms with Crippen molar-refractivity contribution in [1.29, 1.82) is 0 Å². The summed E-state index contributed by atoms with van der Waals surface area (Å²) in [6.07, 6.45) is 0. The Hall–Kier alpha value is -2.77. The summed E-state index contributed by atoms with van der Waals surface area (Å²) in [5.74, 6) is -0.551. The minimum Gasteiger partial charge on any atom is -0.490 e. The zero-order valence-electron chi connectivity index (χ0n) is 14.0. The van der Waals surface area contributed by atoms with Crippen LogP contribution in [0.2, 0.25) is 0 Å². The van der Waals surface area contributed by atoms with Gasteiger partial charge in [-0.25, -0.2) is 9.59 Å². The standard InChI is InChI=1S/C16H22N2O6/c1-4-22-12-7-5-6-8-13(12)23-10-15(20)24-9-14(19)18-16(21)17-11(2)3/h5-8,11H,4,9-10H2,1-3H3,(H2,17,18,19,21). The number of ether oxygens (including phenoxy) is 3. The van der Waals surface area contributed by atoms with Crippen LogP contribution in [0.3, 0.4) is 0 Å². The van der Waals surface area contributed by atoms with Crippen molar-refractivity contribution in [2.75, 3.05) is 19.8 Å². The molecule has 0 spiro atoms. The molecule has 0 saturated heterocycles. The Balaban J connectivity index is 2.34. The summed E-state index contributed by atoms with van der Waals surface area (Å²) in [6.45, 7) is 4.85. The van der Waals surface area contributed by atoms with Crippen LogP contribution in [0.15, 0.2) is 24.3 Å². The second kappa shape index (κ2) is 10.1. The van der Waals surface area contributed by atoms with E-state index in [1.807, 2.05) is 12.2 Å². The molecule has 0 radical (unpaired) electrons. The molecule has 0 unspecified atom stereocenters. The van der Waals surface area contributed by atoms with E-state index in [-0.39, 0.29) is 12.6 Å². The molecule has 0 aliphatic rings. The lowest BCUT2D eigenvalue weighted by molar-refractivity contribution is -0.150. The molecule has 0 saturated carbocycles. The van der Waals surface area contributed by atoms with Gasteiger partial charge in [0, 0.05) is 6.04 Å². The van der Waals surface area contributed by atoms with Gasteiger partial charge in [0.2, 0.25) is 0 Å². The molecule has 0 heterocycles. The van der Waals surface area contributed by atoms with E-state index in [1.165, 1.54) is 0 Å². The van der Waals surface area contributed by atoms with Gasteiger partial charge >= 0.3 is 12.0 Å². The van der Waals surface area contributed by atoms with Gasteiger partial charge in [-0.1, -0.05) is 12.1 Å². The maximum Gasteiger partial charge on any atom is 0.344 e. The summed E-state index contributed by atoms with van der Waals surface area (Å²) >= 11 is 0. The lowest BCUT2D eigenvalue weighted by atomic mass is 10.3. The van der Waals surface area contributed by atoms with E-state index in [0.29, 0.717) is 18.1 Å². The molecule has 1 aromatic carbocycles. The predicted molar refractivity (Wildman–Crippen MR) is 85.9 cm³/mol. The fraction of sp³-hybridized carbons (Fsp3) is 0.438. The molecule has 24 heavy (non-hydrogen) atoms. The third-order valence-electron chi connectivity index (χ3n) is 2.53. The Labute approximate surface area is 140 Å². The van der Waals surface area contributed by atoms with E-state index in [0.717, 1.165) is 0 Å². The Morgan fingerprint density at radius 2 is 1.67 bits per heavy atom. The minimum absolute atomic E-state index is 0.112. The van der Waals surface area contributed by atoms with Crippen LogP contribution in [0.1, 0.15) is 20.8 Å². The summed E-state index contributed by atoms with van der Waals surface area (Å²) < 4.78 is 15.4. The Morgan fingerprint density at radius 1 is 1.04 bits per heavy atom. The molecule has 132 valence electrons. The second-order valence-corrected chi connectivity index (χ2v) is 5.01. The summed E-state index contributed by atoms with van der Waals surface area (Å²) in [6, 6.07) is 6.13. The van der Waals surface area contributed by atoms with Gasteiger partial charge in [-0.15, -0.1) is 0 Å². The molecular weight excluding hydrogens is 316 g/mol. The highest BCUT2D eigenvalue weighted by Gasteiger charge is 2.13. The van der Waals surface area contributed by atoms with Crippen LogP contribution in [0.4, 0.5) is 4.79 Å². The number of para-hydroxylation sites is 2. The highest BCUT2D eigenvalue weighted by molar-refractivity contribution is 5.95. The van der Waals surface area contributed by atoms with Gasteiger partial charge in [-0.05, 0) is 32.9 Å². The van der Waals surface area contributed by atoms with E-state index >= 15 is 0 Å². The van der Waals surface area contributed by atoms with Crippen LogP contribution in [-0.2, 0) is 14.3 Å². The Kier molecular flexibility index (Phi) is 8.10. The molecule has 3 amide bonds. The monoisotopic (exact) mass is 338 g/mol. The Bertz CT molecular complexity index is 573. The smallest absolute Gasteiger partial charge is 0.344 e. The normalized spacial score (nSPS) is 10.0. The van der Waals surface area contributed by atoms with Crippen molar-refractivity contribution in [3.63, 3.8) is 0 Å². The number of imide groups is 1. The van der Waals surface area contributed by atoms with Crippen LogP contribution < -0.4 is 20.1 Å². The molecule has 1 aromatic rings. The summed E-state index contributed by atoms with van der Waals surface area (Å²) in [5, 5.41) is 4.52. The third-order valence-corrected chi connectivity index (χ3v) is 2.53. The molecular formula is C16H22N2O6. The molecule has 8 heteroatoms. The molecule has 0 aliphatic carbocycles. The molecule has 1 rings (SSSR count). The highest BCUT2D eigenvalue weighted by Crippen LogP contribution is 2.26. The van der Waals surface area contributed by atoms with Crippen LogP contribution in [0.5, 0.6) is 11.5 Å². The average Bonchev–Trinajstić information content (AvgIpc) is 2.51. The lowest BCUT2D eigenvalue weighted by Gasteiger charge is -2.11. The van der Waals surface area contributed by atoms with Crippen LogP contribution in [0.25, 0.3) is 0 Å². The number of hydrogen-bond acceptors (Lipinski definition) is 6. The largest absolute Gasteiger partial charge is 0.490 e. The number of benzene rings is 1. The number of urea groups is 1. The topological polar surface area (TPSA) is 103 Å². The first-order valence-corrected chi connectivity index (χ1v) is 7.53. The maximum absolute atomic E-state index is 11.6. The van der Waals surface area contributed by atoms with Gasteiger partial charge < -0.3 is 19.5 Å². The van der Waals surface area contributed by atoms with E-state index in [2.05, 4.69) is 5.32 Å². The van der Waals surface area contributed by atoms with Gasteiger partial charge in [-0.3, -0.25) is 10.1 Å². The molecule has 0 aromatic heterocycles. The maximum atomic E-state index is 11.6. The number of nitrogens with one attached hydrogen (secondary N) is 2. The highest BCUT2D eigenvalue weighted by atomic mass is 16.6. The quantitative estimate of drug-likeness (QED) is 0.691. The number of amides is 3. The number of rotatable bonds is 8. The third kappa shape index (κ3) is 7.48. The average molecular weight is 338 g/mol. The molecule has 0 aliphatic heterocycles. The Morgan fingerprint density at radius 3 is 2.25 bits per heavy atom. The van der Waals surface area contributed by atoms with Crippen molar-refractivity contribution in [3.05, 3.63) is 24.3 Å². The van der Waals surface area contributed by atoms with Crippen molar-refractivity contribution in [2.24, 2.45) is 0 Å². The molecule has 8 nitrogen and oxygen atoms in total. The van der Waals surface area contributed by atoms with Gasteiger partial charge in [0.1, 0.15) is 0 Å². The lowest BCUT2D eigenvalue weighted by Crippen LogP contribution is -2.44. The first-order chi connectivity index (χ1) is 11.4. The molecule has 0 atom stereocenters.